The van der Waals surface area contributed by atoms with Crippen molar-refractivity contribution in [1.82, 2.24) is 10.0 Å². The van der Waals surface area contributed by atoms with Gasteiger partial charge in [-0.1, -0.05) is 42.5 Å². The first-order valence-electron chi connectivity index (χ1n) is 9.38. The number of nitrogens with one attached hydrogen (secondary N) is 2. The van der Waals surface area contributed by atoms with Gasteiger partial charge in [0.2, 0.25) is 16.1 Å². The van der Waals surface area contributed by atoms with Crippen molar-refractivity contribution in [2.45, 2.75) is 43.7 Å². The number of carbonyl (C=O) groups excluding carboxylic acids is 2. The van der Waals surface area contributed by atoms with Gasteiger partial charge in [0.15, 0.2) is 0 Å². The van der Waals surface area contributed by atoms with E-state index in [1.165, 1.54) is 0 Å². The van der Waals surface area contributed by atoms with Gasteiger partial charge in [-0.2, -0.15) is 4.72 Å². The van der Waals surface area contributed by atoms with Gasteiger partial charge in [0.25, 0.3) is 5.91 Å². The Morgan fingerprint density at radius 3 is 2.45 bits per heavy atom. The average molecular weight is 416 g/mol. The van der Waals surface area contributed by atoms with E-state index in [1.54, 1.807) is 56.3 Å². The van der Waals surface area contributed by atoms with Crippen molar-refractivity contribution in [1.29, 1.82) is 0 Å². The normalized spacial score (nSPS) is 14.8. The number of benzene rings is 2. The molecule has 2 N–H and O–H groups in total. The van der Waals surface area contributed by atoms with E-state index in [9.17, 15) is 18.0 Å². The molecular formula is C21H24N2O5S. The first-order valence-corrected chi connectivity index (χ1v) is 10.9. The maximum atomic E-state index is 12.6. The summed E-state index contributed by atoms with van der Waals surface area (Å²) in [6.07, 6.45) is 0.669. The molecule has 0 aromatic heterocycles. The molecule has 2 aromatic rings. The predicted molar refractivity (Wildman–Crippen MR) is 108 cm³/mol. The smallest absolute Gasteiger partial charge is 0.322 e. The van der Waals surface area contributed by atoms with Crippen molar-refractivity contribution in [3.05, 3.63) is 65.2 Å². The fourth-order valence-electron chi connectivity index (χ4n) is 2.81. The van der Waals surface area contributed by atoms with Crippen LogP contribution < -0.4 is 10.0 Å². The summed E-state index contributed by atoms with van der Waals surface area (Å²) in [7, 11) is -3.89. The van der Waals surface area contributed by atoms with E-state index in [2.05, 4.69) is 10.0 Å². The van der Waals surface area contributed by atoms with Crippen LogP contribution in [-0.4, -0.2) is 32.9 Å². The van der Waals surface area contributed by atoms with Gasteiger partial charge < -0.3 is 10.1 Å². The van der Waals surface area contributed by atoms with Crippen LogP contribution in [0.4, 0.5) is 0 Å². The fraction of sp³-hybridized carbons (Fsp3) is 0.333. The number of ether oxygens (including phenoxy) is 1. The molecule has 0 saturated heterocycles. The highest BCUT2D eigenvalue weighted by molar-refractivity contribution is 7.89. The number of amides is 1. The number of esters is 1. The van der Waals surface area contributed by atoms with Crippen LogP contribution in [0.15, 0.2) is 53.4 Å². The zero-order valence-corrected chi connectivity index (χ0v) is 17.2. The fourth-order valence-corrected chi connectivity index (χ4v) is 4.10. The highest BCUT2D eigenvalue weighted by Crippen LogP contribution is 2.23. The van der Waals surface area contributed by atoms with Gasteiger partial charge in [0, 0.05) is 11.6 Å². The third kappa shape index (κ3) is 5.65. The van der Waals surface area contributed by atoms with E-state index in [0.29, 0.717) is 11.1 Å². The molecule has 29 heavy (non-hydrogen) atoms. The standard InChI is InChI=1S/C21H24N2O5S/c1-14-8-9-15(2)18(12-14)29(26,27)22-13-19(24)28-20(16-6-4-3-5-7-16)21(25)23-17-10-11-17/h3-9,12,17,20,22H,10-11,13H2,1-2H3,(H,23,25)/t20-/m1/s1. The molecule has 0 aliphatic heterocycles. The Hall–Kier alpha value is -2.71. The monoisotopic (exact) mass is 416 g/mol. The van der Waals surface area contributed by atoms with E-state index in [0.717, 1.165) is 18.4 Å². The van der Waals surface area contributed by atoms with Gasteiger partial charge >= 0.3 is 5.97 Å². The Bertz CT molecular complexity index is 1000. The third-order valence-corrected chi connectivity index (χ3v) is 6.10. The molecule has 1 amide bonds. The molecule has 1 aliphatic rings. The Morgan fingerprint density at radius 2 is 1.79 bits per heavy atom. The number of hydrogen-bond acceptors (Lipinski definition) is 5. The molecule has 0 heterocycles. The molecule has 0 radical (unpaired) electrons. The lowest BCUT2D eigenvalue weighted by Gasteiger charge is -2.18. The number of rotatable bonds is 8. The molecule has 1 fully saturated rings. The van der Waals surface area contributed by atoms with Gasteiger partial charge in [-0.05, 0) is 43.9 Å². The summed E-state index contributed by atoms with van der Waals surface area (Å²) in [6, 6.07) is 13.8. The summed E-state index contributed by atoms with van der Waals surface area (Å²) in [5, 5.41) is 2.81. The molecule has 8 heteroatoms. The molecule has 1 atom stereocenters. The zero-order valence-electron chi connectivity index (χ0n) is 16.3. The quantitative estimate of drug-likeness (QED) is 0.642. The second-order valence-electron chi connectivity index (χ2n) is 7.16. The summed E-state index contributed by atoms with van der Waals surface area (Å²) >= 11 is 0. The lowest BCUT2D eigenvalue weighted by Crippen LogP contribution is -2.36. The van der Waals surface area contributed by atoms with E-state index < -0.39 is 34.5 Å². The summed E-state index contributed by atoms with van der Waals surface area (Å²) in [6.45, 7) is 2.89. The Kier molecular flexibility index (Phi) is 6.34. The summed E-state index contributed by atoms with van der Waals surface area (Å²) < 4.78 is 32.7. The zero-order chi connectivity index (χ0) is 21.0. The molecule has 154 valence electrons. The van der Waals surface area contributed by atoms with Crippen LogP contribution in [0.2, 0.25) is 0 Å². The molecule has 0 spiro atoms. The molecular weight excluding hydrogens is 392 g/mol. The Morgan fingerprint density at radius 1 is 1.10 bits per heavy atom. The van der Waals surface area contributed by atoms with E-state index in [4.69, 9.17) is 4.74 Å². The largest absolute Gasteiger partial charge is 0.446 e. The minimum Gasteiger partial charge on any atom is -0.446 e. The van der Waals surface area contributed by atoms with Gasteiger partial charge in [-0.15, -0.1) is 0 Å². The van der Waals surface area contributed by atoms with Crippen LogP contribution in [0.25, 0.3) is 0 Å². The maximum Gasteiger partial charge on any atom is 0.322 e. The second kappa shape index (κ2) is 8.75. The summed E-state index contributed by atoms with van der Waals surface area (Å²) in [5.74, 6) is -1.25. The predicted octanol–water partition coefficient (Wildman–Crippen LogP) is 2.14. The van der Waals surface area contributed by atoms with Crippen molar-refractivity contribution in [3.8, 4) is 0 Å². The summed E-state index contributed by atoms with van der Waals surface area (Å²) in [5.41, 5.74) is 1.89. The maximum absolute atomic E-state index is 12.6. The van der Waals surface area contributed by atoms with Crippen LogP contribution >= 0.6 is 0 Å². The van der Waals surface area contributed by atoms with Crippen LogP contribution in [0.5, 0.6) is 0 Å². The molecule has 0 bridgehead atoms. The van der Waals surface area contributed by atoms with Crippen LogP contribution in [0, 0.1) is 13.8 Å². The highest BCUT2D eigenvalue weighted by Gasteiger charge is 2.31. The SMILES string of the molecule is Cc1ccc(C)c(S(=O)(=O)NCC(=O)O[C@@H](C(=O)NC2CC2)c2ccccc2)c1. The van der Waals surface area contributed by atoms with E-state index >= 15 is 0 Å². The van der Waals surface area contributed by atoms with Crippen LogP contribution in [0.1, 0.15) is 35.6 Å². The Labute approximate surface area is 170 Å². The topological polar surface area (TPSA) is 102 Å². The number of hydrogen-bond donors (Lipinski definition) is 2. The first-order chi connectivity index (χ1) is 13.8. The first kappa shape index (κ1) is 21.0. The minimum atomic E-state index is -3.89. The second-order valence-corrected chi connectivity index (χ2v) is 8.89. The van der Waals surface area contributed by atoms with Crippen molar-refractivity contribution >= 4 is 21.9 Å². The lowest BCUT2D eigenvalue weighted by atomic mass is 10.1. The molecule has 0 unspecified atom stereocenters. The molecule has 2 aromatic carbocycles. The van der Waals surface area contributed by atoms with Crippen molar-refractivity contribution in [2.24, 2.45) is 0 Å². The lowest BCUT2D eigenvalue weighted by molar-refractivity contribution is -0.155. The van der Waals surface area contributed by atoms with Gasteiger partial charge in [0.1, 0.15) is 6.54 Å². The summed E-state index contributed by atoms with van der Waals surface area (Å²) in [4.78, 5) is 24.9. The molecule has 3 rings (SSSR count). The van der Waals surface area contributed by atoms with Gasteiger partial charge in [-0.3, -0.25) is 9.59 Å². The number of carbonyl (C=O) groups is 2. The number of sulfonamides is 1. The van der Waals surface area contributed by atoms with Crippen molar-refractivity contribution < 1.29 is 22.7 Å². The van der Waals surface area contributed by atoms with E-state index in [1.807, 2.05) is 6.07 Å². The van der Waals surface area contributed by atoms with Crippen LogP contribution in [0.3, 0.4) is 0 Å². The Balaban J connectivity index is 1.68. The number of aryl methyl sites for hydroxylation is 2. The van der Waals surface area contributed by atoms with Gasteiger partial charge in [-0.25, -0.2) is 8.42 Å². The third-order valence-electron chi connectivity index (χ3n) is 4.55. The van der Waals surface area contributed by atoms with Gasteiger partial charge in [0.05, 0.1) is 4.90 Å². The van der Waals surface area contributed by atoms with Crippen molar-refractivity contribution in [2.75, 3.05) is 6.54 Å². The average Bonchev–Trinajstić information content (AvgIpc) is 3.51. The van der Waals surface area contributed by atoms with Crippen molar-refractivity contribution in [3.63, 3.8) is 0 Å². The highest BCUT2D eigenvalue weighted by atomic mass is 32.2. The molecule has 7 nitrogen and oxygen atoms in total. The molecule has 1 saturated carbocycles. The van der Waals surface area contributed by atoms with E-state index in [-0.39, 0.29) is 10.9 Å². The molecule has 1 aliphatic carbocycles. The minimum absolute atomic E-state index is 0.107. The van der Waals surface area contributed by atoms with Crippen LogP contribution in [-0.2, 0) is 24.3 Å².